The number of imide groups is 1. The van der Waals surface area contributed by atoms with Gasteiger partial charge in [-0.3, -0.25) is 14.5 Å². The standard InChI is InChI=1S/C18H16F3NO3/c19-18(20,21)9-25-8-10-2-1-3-13(6-10)22-16(23)14-11-4-5-12(7-11)15(14)17(22)24/h1-6,11-12,14-15H,7-9H2/t11-,12-,14-,15+/m0/s1. The smallest absolute Gasteiger partial charge is 0.367 e. The Morgan fingerprint density at radius 2 is 1.72 bits per heavy atom. The molecule has 1 aromatic carbocycles. The van der Waals surface area contributed by atoms with E-state index in [1.165, 1.54) is 4.90 Å². The molecule has 7 heteroatoms. The summed E-state index contributed by atoms with van der Waals surface area (Å²) < 4.78 is 41.2. The molecule has 2 aliphatic carbocycles. The van der Waals surface area contributed by atoms with E-state index in [9.17, 15) is 22.8 Å². The summed E-state index contributed by atoms with van der Waals surface area (Å²) in [6.07, 6.45) is 0.498. The Balaban J connectivity index is 1.52. The van der Waals surface area contributed by atoms with E-state index in [2.05, 4.69) is 4.74 Å². The lowest BCUT2D eigenvalue weighted by atomic mass is 9.85. The molecule has 1 heterocycles. The largest absolute Gasteiger partial charge is 0.411 e. The molecule has 4 nitrogen and oxygen atoms in total. The molecule has 1 aromatic rings. The van der Waals surface area contributed by atoms with Gasteiger partial charge >= 0.3 is 6.18 Å². The highest BCUT2D eigenvalue weighted by atomic mass is 19.4. The van der Waals surface area contributed by atoms with Crippen LogP contribution in [-0.2, 0) is 20.9 Å². The number of hydrogen-bond donors (Lipinski definition) is 0. The van der Waals surface area contributed by atoms with E-state index in [4.69, 9.17) is 0 Å². The fourth-order valence-corrected chi connectivity index (χ4v) is 4.23. The van der Waals surface area contributed by atoms with Crippen molar-refractivity contribution in [3.05, 3.63) is 42.0 Å². The second-order valence-electron chi connectivity index (χ2n) is 6.79. The van der Waals surface area contributed by atoms with Gasteiger partial charge in [-0.25, -0.2) is 0 Å². The molecule has 2 fully saturated rings. The van der Waals surface area contributed by atoms with E-state index >= 15 is 0 Å². The lowest BCUT2D eigenvalue weighted by Gasteiger charge is -2.18. The van der Waals surface area contributed by atoms with Gasteiger partial charge in [-0.1, -0.05) is 24.3 Å². The fourth-order valence-electron chi connectivity index (χ4n) is 4.23. The van der Waals surface area contributed by atoms with E-state index in [0.29, 0.717) is 11.3 Å². The minimum absolute atomic E-state index is 0.120. The molecule has 0 aromatic heterocycles. The van der Waals surface area contributed by atoms with E-state index in [1.807, 2.05) is 12.2 Å². The molecule has 3 aliphatic rings. The lowest BCUT2D eigenvalue weighted by molar-refractivity contribution is -0.176. The van der Waals surface area contributed by atoms with Crippen LogP contribution in [0.15, 0.2) is 36.4 Å². The lowest BCUT2D eigenvalue weighted by Crippen LogP contribution is -2.32. The van der Waals surface area contributed by atoms with Crippen LogP contribution in [0.25, 0.3) is 0 Å². The van der Waals surface area contributed by atoms with Gasteiger partial charge in [-0.15, -0.1) is 0 Å². The number of amides is 2. The molecule has 0 spiro atoms. The number of carbonyl (C=O) groups excluding carboxylic acids is 2. The zero-order valence-electron chi connectivity index (χ0n) is 13.2. The molecule has 132 valence electrons. The van der Waals surface area contributed by atoms with Crippen LogP contribution in [-0.4, -0.2) is 24.6 Å². The monoisotopic (exact) mass is 351 g/mol. The summed E-state index contributed by atoms with van der Waals surface area (Å²) in [5.41, 5.74) is 0.886. The number of hydrogen-bond acceptors (Lipinski definition) is 3. The van der Waals surface area contributed by atoms with Gasteiger partial charge in [0.15, 0.2) is 0 Å². The van der Waals surface area contributed by atoms with Gasteiger partial charge in [-0.05, 0) is 36.0 Å². The molecule has 0 N–H and O–H groups in total. The maximum atomic E-state index is 12.7. The minimum atomic E-state index is -4.39. The highest BCUT2D eigenvalue weighted by Crippen LogP contribution is 2.53. The third-order valence-corrected chi connectivity index (χ3v) is 5.17. The van der Waals surface area contributed by atoms with Gasteiger partial charge in [-0.2, -0.15) is 13.2 Å². The average molecular weight is 351 g/mol. The quantitative estimate of drug-likeness (QED) is 0.619. The molecule has 0 radical (unpaired) electrons. The van der Waals surface area contributed by atoms with E-state index in [1.54, 1.807) is 24.3 Å². The summed E-state index contributed by atoms with van der Waals surface area (Å²) in [7, 11) is 0. The summed E-state index contributed by atoms with van der Waals surface area (Å²) in [5.74, 6) is -0.773. The molecule has 2 bridgehead atoms. The first-order valence-electron chi connectivity index (χ1n) is 8.15. The Labute approximate surface area is 142 Å². The minimum Gasteiger partial charge on any atom is -0.367 e. The van der Waals surface area contributed by atoms with Crippen LogP contribution in [0, 0.1) is 23.7 Å². The van der Waals surface area contributed by atoms with E-state index in [0.717, 1.165) is 6.42 Å². The molecule has 4 atom stereocenters. The maximum absolute atomic E-state index is 12.7. The Kier molecular flexibility index (Phi) is 3.72. The number of alkyl halides is 3. The van der Waals surface area contributed by atoms with Gasteiger partial charge in [0.25, 0.3) is 0 Å². The van der Waals surface area contributed by atoms with Crippen molar-refractivity contribution in [3.63, 3.8) is 0 Å². The van der Waals surface area contributed by atoms with Crippen molar-refractivity contribution in [3.8, 4) is 0 Å². The van der Waals surface area contributed by atoms with E-state index < -0.39 is 12.8 Å². The van der Waals surface area contributed by atoms with Crippen LogP contribution < -0.4 is 4.90 Å². The number of halogens is 3. The first-order valence-corrected chi connectivity index (χ1v) is 8.15. The third-order valence-electron chi connectivity index (χ3n) is 5.17. The van der Waals surface area contributed by atoms with E-state index in [-0.39, 0.29) is 42.1 Å². The van der Waals surface area contributed by atoms with Crippen LogP contribution in [0.4, 0.5) is 18.9 Å². The third kappa shape index (κ3) is 2.76. The highest BCUT2D eigenvalue weighted by molar-refractivity contribution is 6.22. The SMILES string of the molecule is O=C1[C@@H]2[C@H](C(=O)N1c1cccc(COCC(F)(F)F)c1)[C@H]1C=C[C@H]2C1. The number of allylic oxidation sites excluding steroid dienone is 2. The Hall–Kier alpha value is -2.15. The first-order chi connectivity index (χ1) is 11.8. The Morgan fingerprint density at radius 3 is 2.32 bits per heavy atom. The second kappa shape index (κ2) is 5.69. The van der Waals surface area contributed by atoms with Crippen molar-refractivity contribution >= 4 is 17.5 Å². The zero-order chi connectivity index (χ0) is 17.8. The molecule has 1 aliphatic heterocycles. The summed E-state index contributed by atoms with van der Waals surface area (Å²) >= 11 is 0. The molecule has 1 saturated carbocycles. The van der Waals surface area contributed by atoms with Crippen LogP contribution >= 0.6 is 0 Å². The number of nitrogens with zero attached hydrogens (tertiary/aromatic N) is 1. The molecule has 4 rings (SSSR count). The van der Waals surface area contributed by atoms with Gasteiger partial charge < -0.3 is 4.74 Å². The summed E-state index contributed by atoms with van der Waals surface area (Å²) in [4.78, 5) is 26.7. The van der Waals surface area contributed by atoms with Gasteiger partial charge in [0, 0.05) is 0 Å². The molecule has 25 heavy (non-hydrogen) atoms. The number of fused-ring (bicyclic) bond motifs is 5. The number of rotatable bonds is 4. The zero-order valence-corrected chi connectivity index (χ0v) is 13.2. The second-order valence-corrected chi connectivity index (χ2v) is 6.79. The van der Waals surface area contributed by atoms with Crippen LogP contribution in [0.2, 0.25) is 0 Å². The summed E-state index contributed by atoms with van der Waals surface area (Å²) in [6.45, 7) is -1.57. The molecule has 0 unspecified atom stereocenters. The summed E-state index contributed by atoms with van der Waals surface area (Å²) in [5, 5.41) is 0. The molecular formula is C18H16F3NO3. The van der Waals surface area contributed by atoms with Crippen molar-refractivity contribution in [2.24, 2.45) is 23.7 Å². The van der Waals surface area contributed by atoms with Crippen LogP contribution in [0.1, 0.15) is 12.0 Å². The van der Waals surface area contributed by atoms with Crippen molar-refractivity contribution in [1.82, 2.24) is 0 Å². The predicted octanol–water partition coefficient (Wildman–Crippen LogP) is 3.08. The van der Waals surface area contributed by atoms with Crippen molar-refractivity contribution < 1.29 is 27.5 Å². The van der Waals surface area contributed by atoms with Crippen LogP contribution in [0.5, 0.6) is 0 Å². The van der Waals surface area contributed by atoms with Crippen molar-refractivity contribution in [2.45, 2.75) is 19.2 Å². The number of carbonyl (C=O) groups is 2. The molecule has 1 saturated heterocycles. The average Bonchev–Trinajstić information content (AvgIpc) is 3.20. The number of benzene rings is 1. The number of anilines is 1. The van der Waals surface area contributed by atoms with Gasteiger partial charge in [0.2, 0.25) is 11.8 Å². The Morgan fingerprint density at radius 1 is 1.08 bits per heavy atom. The predicted molar refractivity (Wildman–Crippen MR) is 82.4 cm³/mol. The van der Waals surface area contributed by atoms with Gasteiger partial charge in [0.1, 0.15) is 6.61 Å². The summed E-state index contributed by atoms with van der Waals surface area (Å²) in [6, 6.07) is 6.39. The van der Waals surface area contributed by atoms with Gasteiger partial charge in [0.05, 0.1) is 24.1 Å². The topological polar surface area (TPSA) is 46.6 Å². The first kappa shape index (κ1) is 16.3. The maximum Gasteiger partial charge on any atom is 0.411 e. The molecule has 2 amide bonds. The number of ether oxygens (including phenoxy) is 1. The fraction of sp³-hybridized carbons (Fsp3) is 0.444. The van der Waals surface area contributed by atoms with Crippen LogP contribution in [0.3, 0.4) is 0 Å². The van der Waals surface area contributed by atoms with Crippen molar-refractivity contribution in [1.29, 1.82) is 0 Å². The molecular weight excluding hydrogens is 335 g/mol. The van der Waals surface area contributed by atoms with Crippen molar-refractivity contribution in [2.75, 3.05) is 11.5 Å². The highest BCUT2D eigenvalue weighted by Gasteiger charge is 2.59. The normalized spacial score (nSPS) is 30.4. The Bertz CT molecular complexity index is 728.